The Balaban J connectivity index is 2.55. The molecule has 0 saturated carbocycles. The number of rotatable bonds is 5. The molecule has 21 heavy (non-hydrogen) atoms. The Morgan fingerprint density at radius 3 is 2.57 bits per heavy atom. The molecule has 0 spiro atoms. The van der Waals surface area contributed by atoms with Crippen LogP contribution < -0.4 is 0 Å². The lowest BCUT2D eigenvalue weighted by Crippen LogP contribution is -2.38. The van der Waals surface area contributed by atoms with Gasteiger partial charge in [0.15, 0.2) is 20.2 Å². The average molecular weight is 377 g/mol. The molecule has 0 aromatic carbocycles. The van der Waals surface area contributed by atoms with Crippen LogP contribution in [0.2, 0.25) is 13.1 Å². The van der Waals surface area contributed by atoms with Gasteiger partial charge in [-0.15, -0.1) is 0 Å². The summed E-state index contributed by atoms with van der Waals surface area (Å²) >= 11 is 3.48. The van der Waals surface area contributed by atoms with Crippen molar-refractivity contribution in [1.82, 2.24) is 0 Å². The van der Waals surface area contributed by atoms with Gasteiger partial charge in [0.25, 0.3) is 0 Å². The molecule has 0 aliphatic carbocycles. The topological polar surface area (TPSA) is 44.8 Å². The van der Waals surface area contributed by atoms with Gasteiger partial charge in [-0.05, 0) is 46.7 Å². The molecule has 0 N–H and O–H groups in total. The number of carbonyl (C=O) groups excluding carboxylic acids is 1. The molecule has 1 heterocycles. The zero-order chi connectivity index (χ0) is 16.3. The molecule has 0 bridgehead atoms. The van der Waals surface area contributed by atoms with Gasteiger partial charge in [0.05, 0.1) is 12.7 Å². The second-order valence-corrected chi connectivity index (χ2v) is 12.2. The normalized spacial score (nSPS) is 24.0. The summed E-state index contributed by atoms with van der Waals surface area (Å²) in [4.78, 5) is 12.9. The van der Waals surface area contributed by atoms with Gasteiger partial charge >= 0.3 is 0 Å². The second kappa shape index (κ2) is 7.38. The second-order valence-electron chi connectivity index (χ2n) is 6.46. The predicted octanol–water partition coefficient (Wildman–Crippen LogP) is 2.89. The molecule has 1 rings (SSSR count). The number of ether oxygens (including phenoxy) is 2. The SMILES string of the molecule is C[C@H](C#CC(=O)[C@H]1COC(C)(C)O1)[C@@H](C)O[Si](C)(C)CBr. The van der Waals surface area contributed by atoms with Crippen molar-refractivity contribution in [1.29, 1.82) is 0 Å². The maximum absolute atomic E-state index is 12.0. The van der Waals surface area contributed by atoms with Gasteiger partial charge < -0.3 is 13.9 Å². The summed E-state index contributed by atoms with van der Waals surface area (Å²) in [6.07, 6.45) is -0.578. The minimum Gasteiger partial charge on any atom is -0.413 e. The molecule has 0 radical (unpaired) electrons. The fourth-order valence-corrected chi connectivity index (χ4v) is 3.51. The lowest BCUT2D eigenvalue weighted by molar-refractivity contribution is -0.148. The van der Waals surface area contributed by atoms with E-state index in [2.05, 4.69) is 40.9 Å². The van der Waals surface area contributed by atoms with Crippen molar-refractivity contribution in [2.45, 2.75) is 58.8 Å². The summed E-state index contributed by atoms with van der Waals surface area (Å²) in [5, 5.41) is 0. The van der Waals surface area contributed by atoms with Gasteiger partial charge in [0, 0.05) is 10.9 Å². The number of hydrogen-bond acceptors (Lipinski definition) is 4. The summed E-state index contributed by atoms with van der Waals surface area (Å²) < 4.78 is 16.9. The lowest BCUT2D eigenvalue weighted by atomic mass is 10.1. The van der Waals surface area contributed by atoms with Crippen LogP contribution in [0.25, 0.3) is 0 Å². The first-order valence-electron chi connectivity index (χ1n) is 7.17. The van der Waals surface area contributed by atoms with E-state index in [1.807, 2.05) is 13.8 Å². The Hall–Kier alpha value is -0.193. The molecule has 1 aliphatic heterocycles. The van der Waals surface area contributed by atoms with Crippen molar-refractivity contribution in [2.75, 3.05) is 11.6 Å². The monoisotopic (exact) mass is 376 g/mol. The highest BCUT2D eigenvalue weighted by atomic mass is 79.9. The highest BCUT2D eigenvalue weighted by Crippen LogP contribution is 2.22. The summed E-state index contributed by atoms with van der Waals surface area (Å²) in [5.41, 5.74) is 0. The third-order valence-corrected chi connectivity index (χ3v) is 8.96. The standard InChI is InChI=1S/C15H25BrO4Si/c1-11(12(2)20-21(5,6)10-16)7-8-13(17)14-9-18-15(3,4)19-14/h11-12,14H,9-10H2,1-6H3/t11-,12-,14-/m1/s1. The molecule has 6 heteroatoms. The van der Waals surface area contributed by atoms with E-state index in [0.29, 0.717) is 0 Å². The van der Waals surface area contributed by atoms with E-state index in [0.717, 1.165) is 4.95 Å². The number of ketones is 1. The van der Waals surface area contributed by atoms with Crippen molar-refractivity contribution >= 4 is 30.0 Å². The number of carbonyl (C=O) groups is 1. The van der Waals surface area contributed by atoms with E-state index < -0.39 is 20.2 Å². The smallest absolute Gasteiger partial charge is 0.236 e. The van der Waals surface area contributed by atoms with Crippen LogP contribution >= 0.6 is 15.9 Å². The first kappa shape index (κ1) is 18.9. The Morgan fingerprint density at radius 2 is 2.10 bits per heavy atom. The minimum atomic E-state index is -1.68. The molecule has 1 saturated heterocycles. The molecule has 0 aromatic rings. The summed E-state index contributed by atoms with van der Waals surface area (Å²) in [6.45, 7) is 12.1. The fourth-order valence-electron chi connectivity index (χ4n) is 1.84. The Kier molecular flexibility index (Phi) is 6.63. The molecule has 0 unspecified atom stereocenters. The van der Waals surface area contributed by atoms with E-state index in [4.69, 9.17) is 13.9 Å². The maximum atomic E-state index is 12.0. The van der Waals surface area contributed by atoms with Gasteiger partial charge in [-0.2, -0.15) is 0 Å². The van der Waals surface area contributed by atoms with E-state index in [-0.39, 0.29) is 24.4 Å². The summed E-state index contributed by atoms with van der Waals surface area (Å²) in [7, 11) is -1.68. The maximum Gasteiger partial charge on any atom is 0.236 e. The van der Waals surface area contributed by atoms with Crippen molar-refractivity contribution in [3.8, 4) is 11.8 Å². The first-order chi connectivity index (χ1) is 9.56. The molecule has 120 valence electrons. The molecule has 0 aromatic heterocycles. The largest absolute Gasteiger partial charge is 0.413 e. The van der Waals surface area contributed by atoms with Crippen molar-refractivity contribution in [3.63, 3.8) is 0 Å². The third kappa shape index (κ3) is 6.21. The number of Topliss-reactive ketones (excluding diaryl/α,β-unsaturated/α-hetero) is 1. The van der Waals surface area contributed by atoms with Gasteiger partial charge in [-0.25, -0.2) is 0 Å². The molecule has 4 nitrogen and oxygen atoms in total. The molecule has 0 amide bonds. The third-order valence-electron chi connectivity index (χ3n) is 3.25. The highest BCUT2D eigenvalue weighted by molar-refractivity contribution is 9.09. The van der Waals surface area contributed by atoms with Crippen LogP contribution in [0.1, 0.15) is 27.7 Å². The van der Waals surface area contributed by atoms with Crippen LogP contribution in [-0.2, 0) is 18.7 Å². The van der Waals surface area contributed by atoms with E-state index in [1.54, 1.807) is 13.8 Å². The molecular weight excluding hydrogens is 352 g/mol. The predicted molar refractivity (Wildman–Crippen MR) is 88.7 cm³/mol. The summed E-state index contributed by atoms with van der Waals surface area (Å²) in [5.74, 6) is 4.73. The highest BCUT2D eigenvalue weighted by Gasteiger charge is 2.36. The quantitative estimate of drug-likeness (QED) is 0.320. The van der Waals surface area contributed by atoms with Gasteiger partial charge in [0.1, 0.15) is 0 Å². The Labute approximate surface area is 137 Å². The van der Waals surface area contributed by atoms with Gasteiger partial charge in [-0.1, -0.05) is 21.9 Å². The first-order valence-corrected chi connectivity index (χ1v) is 11.4. The molecule has 3 atom stereocenters. The lowest BCUT2D eigenvalue weighted by Gasteiger charge is -2.27. The van der Waals surface area contributed by atoms with E-state index in [9.17, 15) is 4.79 Å². The van der Waals surface area contributed by atoms with Gasteiger partial charge in [0.2, 0.25) is 5.78 Å². The fraction of sp³-hybridized carbons (Fsp3) is 0.800. The number of hydrogen-bond donors (Lipinski definition) is 0. The average Bonchev–Trinajstić information content (AvgIpc) is 2.75. The van der Waals surface area contributed by atoms with Crippen molar-refractivity contribution in [2.24, 2.45) is 5.92 Å². The van der Waals surface area contributed by atoms with Crippen LogP contribution in [0.4, 0.5) is 0 Å². The zero-order valence-electron chi connectivity index (χ0n) is 13.7. The van der Waals surface area contributed by atoms with Crippen molar-refractivity contribution in [3.05, 3.63) is 0 Å². The molecule has 1 fully saturated rings. The van der Waals surface area contributed by atoms with Crippen LogP contribution in [0.3, 0.4) is 0 Å². The van der Waals surface area contributed by atoms with Crippen LogP contribution in [0.5, 0.6) is 0 Å². The van der Waals surface area contributed by atoms with Crippen molar-refractivity contribution < 1.29 is 18.7 Å². The summed E-state index contributed by atoms with van der Waals surface area (Å²) in [6, 6.07) is 0. The number of alkyl halides is 1. The van der Waals surface area contributed by atoms with Crippen LogP contribution in [0, 0.1) is 17.8 Å². The Morgan fingerprint density at radius 1 is 1.48 bits per heavy atom. The van der Waals surface area contributed by atoms with E-state index in [1.165, 1.54) is 0 Å². The van der Waals surface area contributed by atoms with Crippen LogP contribution in [0.15, 0.2) is 0 Å². The van der Waals surface area contributed by atoms with Gasteiger partial charge in [-0.3, -0.25) is 4.79 Å². The minimum absolute atomic E-state index is 0.00158. The Bertz CT molecular complexity index is 439. The molecular formula is C15H25BrO4Si. The molecule has 1 aliphatic rings. The van der Waals surface area contributed by atoms with Crippen LogP contribution in [-0.4, -0.2) is 43.7 Å². The zero-order valence-corrected chi connectivity index (χ0v) is 16.2. The van der Waals surface area contributed by atoms with E-state index >= 15 is 0 Å². The number of halogens is 1.